The fourth-order valence-corrected chi connectivity index (χ4v) is 4.60. The van der Waals surface area contributed by atoms with Crippen LogP contribution in [0.4, 0.5) is 0 Å². The van der Waals surface area contributed by atoms with Gasteiger partial charge in [0.25, 0.3) is 0 Å². The maximum absolute atomic E-state index is 13.7. The molecule has 0 aromatic heterocycles. The Morgan fingerprint density at radius 2 is 1.79 bits per heavy atom. The first-order valence-corrected chi connectivity index (χ1v) is 11.6. The largest absolute Gasteiger partial charge is 0.497 e. The molecular formula is C26H33NO7. The van der Waals surface area contributed by atoms with E-state index < -0.39 is 23.8 Å². The molecule has 1 aliphatic carbocycles. The predicted octanol–water partition coefficient (Wildman–Crippen LogP) is 3.28. The van der Waals surface area contributed by atoms with Crippen LogP contribution in [0.1, 0.15) is 45.1 Å². The molecule has 0 fully saturated rings. The summed E-state index contributed by atoms with van der Waals surface area (Å²) in [5, 5.41) is 3.25. The van der Waals surface area contributed by atoms with Gasteiger partial charge < -0.3 is 24.3 Å². The predicted molar refractivity (Wildman–Crippen MR) is 125 cm³/mol. The van der Waals surface area contributed by atoms with Gasteiger partial charge in [-0.25, -0.2) is 4.79 Å². The molecule has 0 bridgehead atoms. The third-order valence-electron chi connectivity index (χ3n) is 6.22. The van der Waals surface area contributed by atoms with Crippen LogP contribution in [0.15, 0.2) is 46.8 Å². The van der Waals surface area contributed by atoms with Gasteiger partial charge in [0.2, 0.25) is 0 Å². The van der Waals surface area contributed by atoms with E-state index in [0.717, 1.165) is 17.7 Å². The van der Waals surface area contributed by atoms with Crippen LogP contribution >= 0.6 is 0 Å². The van der Waals surface area contributed by atoms with Gasteiger partial charge in [-0.1, -0.05) is 26.0 Å². The molecule has 1 N–H and O–H groups in total. The van der Waals surface area contributed by atoms with Gasteiger partial charge in [0.05, 0.1) is 26.4 Å². The molecule has 3 atom stereocenters. The number of carbonyl (C=O) groups excluding carboxylic acids is 3. The molecule has 34 heavy (non-hydrogen) atoms. The minimum absolute atomic E-state index is 0.104. The Morgan fingerprint density at radius 1 is 1.09 bits per heavy atom. The Morgan fingerprint density at radius 3 is 2.41 bits per heavy atom. The SMILES string of the molecule is CCCOCCOC(=O)C1=C(C)NC2=C(C(=O)[C@@H](C(=O)OC)[C@H](C)C2)[C@@H]1c1ccc(OC)cc1. The van der Waals surface area contributed by atoms with E-state index in [1.165, 1.54) is 7.11 Å². The van der Waals surface area contributed by atoms with Gasteiger partial charge in [-0.2, -0.15) is 0 Å². The van der Waals surface area contributed by atoms with Gasteiger partial charge in [0, 0.05) is 29.5 Å². The summed E-state index contributed by atoms with van der Waals surface area (Å²) in [6.45, 7) is 6.64. The minimum Gasteiger partial charge on any atom is -0.497 e. The monoisotopic (exact) mass is 471 g/mol. The molecule has 0 spiro atoms. The molecule has 8 heteroatoms. The first kappa shape index (κ1) is 25.5. The number of hydrogen-bond donors (Lipinski definition) is 1. The van der Waals surface area contributed by atoms with Gasteiger partial charge in [-0.05, 0) is 43.4 Å². The fourth-order valence-electron chi connectivity index (χ4n) is 4.60. The molecule has 1 aliphatic heterocycles. The molecule has 8 nitrogen and oxygen atoms in total. The average Bonchev–Trinajstić information content (AvgIpc) is 2.82. The molecule has 2 aliphatic rings. The van der Waals surface area contributed by atoms with E-state index in [2.05, 4.69) is 5.32 Å². The van der Waals surface area contributed by atoms with Crippen molar-refractivity contribution < 1.29 is 33.3 Å². The highest BCUT2D eigenvalue weighted by Gasteiger charge is 2.47. The number of ether oxygens (including phenoxy) is 4. The van der Waals surface area contributed by atoms with Crippen LogP contribution in [0.5, 0.6) is 5.75 Å². The van der Waals surface area contributed by atoms with Crippen LogP contribution in [0.3, 0.4) is 0 Å². The molecule has 3 rings (SSSR count). The third kappa shape index (κ3) is 5.17. The van der Waals surface area contributed by atoms with Crippen LogP contribution in [0.25, 0.3) is 0 Å². The highest BCUT2D eigenvalue weighted by molar-refractivity contribution is 6.12. The van der Waals surface area contributed by atoms with Crippen molar-refractivity contribution in [2.75, 3.05) is 34.0 Å². The van der Waals surface area contributed by atoms with Crippen molar-refractivity contribution in [1.82, 2.24) is 5.32 Å². The first-order chi connectivity index (χ1) is 16.3. The molecule has 0 unspecified atom stereocenters. The number of hydrogen-bond acceptors (Lipinski definition) is 8. The van der Waals surface area contributed by atoms with E-state index in [0.29, 0.717) is 42.2 Å². The summed E-state index contributed by atoms with van der Waals surface area (Å²) in [6.07, 6.45) is 1.36. The highest BCUT2D eigenvalue weighted by Crippen LogP contribution is 2.45. The zero-order chi connectivity index (χ0) is 24.8. The van der Waals surface area contributed by atoms with E-state index in [9.17, 15) is 14.4 Å². The zero-order valence-electron chi connectivity index (χ0n) is 20.4. The number of Topliss-reactive ketones (excluding diaryl/α,β-unsaturated/α-hetero) is 1. The molecule has 0 saturated carbocycles. The summed E-state index contributed by atoms with van der Waals surface area (Å²) in [5.41, 5.74) is 2.81. The van der Waals surface area contributed by atoms with E-state index in [1.807, 2.05) is 26.0 Å². The van der Waals surface area contributed by atoms with Gasteiger partial charge in [0.15, 0.2) is 5.78 Å². The van der Waals surface area contributed by atoms with Gasteiger partial charge >= 0.3 is 11.9 Å². The van der Waals surface area contributed by atoms with E-state index >= 15 is 0 Å². The number of carbonyl (C=O) groups is 3. The lowest BCUT2D eigenvalue weighted by Crippen LogP contribution is -2.43. The van der Waals surface area contributed by atoms with Crippen molar-refractivity contribution in [3.05, 3.63) is 52.4 Å². The van der Waals surface area contributed by atoms with Gasteiger partial charge in [-0.15, -0.1) is 0 Å². The Balaban J connectivity index is 2.02. The fraction of sp³-hybridized carbons (Fsp3) is 0.500. The van der Waals surface area contributed by atoms with Crippen LogP contribution in [-0.2, 0) is 28.6 Å². The second-order valence-electron chi connectivity index (χ2n) is 8.56. The Labute approximate surface area is 200 Å². The summed E-state index contributed by atoms with van der Waals surface area (Å²) in [5.74, 6) is -2.62. The molecule has 1 aromatic rings. The third-order valence-corrected chi connectivity index (χ3v) is 6.22. The van der Waals surface area contributed by atoms with Crippen LogP contribution in [-0.4, -0.2) is 51.8 Å². The van der Waals surface area contributed by atoms with Crippen LogP contribution in [0, 0.1) is 11.8 Å². The number of dihydropyridines is 1. The number of methoxy groups -OCH3 is 2. The van der Waals surface area contributed by atoms with Crippen molar-refractivity contribution in [1.29, 1.82) is 0 Å². The number of allylic oxidation sites excluding steroid dienone is 3. The van der Waals surface area contributed by atoms with Crippen molar-refractivity contribution in [2.45, 2.75) is 39.5 Å². The second-order valence-corrected chi connectivity index (χ2v) is 8.56. The summed E-state index contributed by atoms with van der Waals surface area (Å²) in [6, 6.07) is 7.20. The Bertz CT molecular complexity index is 993. The van der Waals surface area contributed by atoms with Crippen molar-refractivity contribution in [3.8, 4) is 5.75 Å². The van der Waals surface area contributed by atoms with Crippen LogP contribution < -0.4 is 10.1 Å². The molecule has 0 radical (unpaired) electrons. The quantitative estimate of drug-likeness (QED) is 0.333. The van der Waals surface area contributed by atoms with E-state index in [1.54, 1.807) is 26.2 Å². The van der Waals surface area contributed by atoms with Gasteiger partial charge in [0.1, 0.15) is 18.3 Å². The van der Waals surface area contributed by atoms with Crippen LogP contribution in [0.2, 0.25) is 0 Å². The van der Waals surface area contributed by atoms with E-state index in [4.69, 9.17) is 18.9 Å². The topological polar surface area (TPSA) is 100 Å². The summed E-state index contributed by atoms with van der Waals surface area (Å²) < 4.78 is 21.1. The molecule has 1 aromatic carbocycles. The maximum Gasteiger partial charge on any atom is 0.336 e. The summed E-state index contributed by atoms with van der Waals surface area (Å²) in [4.78, 5) is 39.4. The zero-order valence-corrected chi connectivity index (χ0v) is 20.4. The van der Waals surface area contributed by atoms with E-state index in [-0.39, 0.29) is 18.3 Å². The highest BCUT2D eigenvalue weighted by atomic mass is 16.6. The molecule has 0 saturated heterocycles. The van der Waals surface area contributed by atoms with Crippen molar-refractivity contribution >= 4 is 17.7 Å². The molecule has 1 heterocycles. The second kappa shape index (κ2) is 11.3. The lowest BCUT2D eigenvalue weighted by Gasteiger charge is -2.38. The number of rotatable bonds is 9. The number of nitrogens with one attached hydrogen (secondary N) is 1. The lowest BCUT2D eigenvalue weighted by atomic mass is 9.69. The molecule has 0 amide bonds. The number of esters is 2. The minimum atomic E-state index is -0.926. The summed E-state index contributed by atoms with van der Waals surface area (Å²) in [7, 11) is 2.85. The Kier molecular flexibility index (Phi) is 8.50. The lowest BCUT2D eigenvalue weighted by molar-refractivity contribution is -0.151. The average molecular weight is 472 g/mol. The smallest absolute Gasteiger partial charge is 0.336 e. The van der Waals surface area contributed by atoms with Crippen molar-refractivity contribution in [2.24, 2.45) is 11.8 Å². The van der Waals surface area contributed by atoms with Crippen molar-refractivity contribution in [3.63, 3.8) is 0 Å². The number of ketones is 1. The molecular weight excluding hydrogens is 438 g/mol. The van der Waals surface area contributed by atoms with Gasteiger partial charge in [-0.3, -0.25) is 9.59 Å². The first-order valence-electron chi connectivity index (χ1n) is 11.6. The normalized spacial score (nSPS) is 22.1. The number of benzene rings is 1. The maximum atomic E-state index is 13.7. The summed E-state index contributed by atoms with van der Waals surface area (Å²) >= 11 is 0. The Hall–Kier alpha value is -3.13. The molecule has 184 valence electrons. The standard InChI is InChI=1S/C26H33NO7/c1-6-11-33-12-13-34-26(30)21-16(3)27-19-14-15(2)20(25(29)32-5)24(28)23(19)22(21)17-7-9-18(31-4)10-8-17/h7-10,15,20,22,27H,6,11-14H2,1-5H3/t15-,20+,22-/m1/s1.